The van der Waals surface area contributed by atoms with E-state index in [0.717, 1.165) is 49.6 Å². The van der Waals surface area contributed by atoms with Gasteiger partial charge in [0, 0.05) is 19.0 Å². The molecule has 1 fully saturated rings. The van der Waals surface area contributed by atoms with Crippen LogP contribution in [0.15, 0.2) is 29.1 Å². The third-order valence-electron chi connectivity index (χ3n) is 5.85. The number of carbonyl (C=O) groups is 2. The van der Waals surface area contributed by atoms with E-state index in [1.165, 1.54) is 6.42 Å². The van der Waals surface area contributed by atoms with E-state index in [0.29, 0.717) is 12.2 Å². The van der Waals surface area contributed by atoms with Gasteiger partial charge in [-0.2, -0.15) is 0 Å². The Labute approximate surface area is 183 Å². The molecule has 31 heavy (non-hydrogen) atoms. The lowest BCUT2D eigenvalue weighted by molar-refractivity contribution is -0.155. The van der Waals surface area contributed by atoms with Crippen molar-refractivity contribution >= 4 is 22.9 Å². The zero-order chi connectivity index (χ0) is 22.2. The maximum atomic E-state index is 12.9. The van der Waals surface area contributed by atoms with Gasteiger partial charge in [-0.05, 0) is 38.3 Å². The van der Waals surface area contributed by atoms with Gasteiger partial charge in [0.05, 0.1) is 17.5 Å². The first-order valence-corrected chi connectivity index (χ1v) is 11.5. The second-order valence-electron chi connectivity index (χ2n) is 8.33. The van der Waals surface area contributed by atoms with Gasteiger partial charge in [0.15, 0.2) is 6.10 Å². The number of para-hydroxylation sites is 2. The molecule has 0 aliphatic heterocycles. The molecule has 1 N–H and O–H groups in total. The van der Waals surface area contributed by atoms with Gasteiger partial charge >= 0.3 is 5.97 Å². The highest BCUT2D eigenvalue weighted by Gasteiger charge is 2.22. The Morgan fingerprint density at radius 1 is 1.23 bits per heavy atom. The quantitative estimate of drug-likeness (QED) is 0.619. The molecule has 168 valence electrons. The molecule has 1 aromatic carbocycles. The maximum absolute atomic E-state index is 12.9. The van der Waals surface area contributed by atoms with E-state index in [1.807, 2.05) is 24.3 Å². The van der Waals surface area contributed by atoms with Crippen molar-refractivity contribution in [1.82, 2.24) is 14.9 Å². The number of amides is 1. The predicted molar refractivity (Wildman–Crippen MR) is 120 cm³/mol. The maximum Gasteiger partial charge on any atom is 0.306 e. The summed E-state index contributed by atoms with van der Waals surface area (Å²) in [6.07, 6.45) is 6.62. The largest absolute Gasteiger partial charge is 0.453 e. The zero-order valence-electron chi connectivity index (χ0n) is 18.6. The number of carbonyl (C=O) groups excluding carboxylic acids is 2. The molecule has 3 rings (SSSR count). The lowest BCUT2D eigenvalue weighted by atomic mass is 9.95. The number of rotatable bonds is 9. The summed E-state index contributed by atoms with van der Waals surface area (Å²) in [7, 11) is 0. The highest BCUT2D eigenvalue weighted by molar-refractivity contribution is 5.83. The van der Waals surface area contributed by atoms with E-state index in [1.54, 1.807) is 11.5 Å². The number of aromatic nitrogens is 2. The minimum atomic E-state index is -0.847. The number of unbranched alkanes of at least 4 members (excludes halogenated alkanes) is 1. The molecule has 2 aromatic rings. The number of nitrogens with one attached hydrogen (secondary N) is 1. The standard InChI is InChI=1S/C24H33N3O4/c1-3-4-16-27-21-13-9-8-12-19(21)26-20(24(27)30)14-15-22(28)31-17(2)23(29)25-18-10-6-5-7-11-18/h8-9,12-13,17-18H,3-7,10-11,14-16H2,1-2H3,(H,25,29). The smallest absolute Gasteiger partial charge is 0.306 e. The van der Waals surface area contributed by atoms with E-state index >= 15 is 0 Å². The SMILES string of the molecule is CCCCn1c(=O)c(CCC(=O)OC(C)C(=O)NC2CCCCC2)nc2ccccc21. The summed E-state index contributed by atoms with van der Waals surface area (Å²) < 4.78 is 7.05. The summed E-state index contributed by atoms with van der Waals surface area (Å²) in [6.45, 7) is 4.28. The van der Waals surface area contributed by atoms with Crippen molar-refractivity contribution in [2.75, 3.05) is 0 Å². The number of nitrogens with zero attached hydrogens (tertiary/aromatic N) is 2. The molecule has 7 heteroatoms. The van der Waals surface area contributed by atoms with Crippen molar-refractivity contribution < 1.29 is 14.3 Å². The highest BCUT2D eigenvalue weighted by Crippen LogP contribution is 2.17. The molecule has 1 aromatic heterocycles. The lowest BCUT2D eigenvalue weighted by Gasteiger charge is -2.24. The van der Waals surface area contributed by atoms with Crippen LogP contribution in [0.25, 0.3) is 11.0 Å². The summed E-state index contributed by atoms with van der Waals surface area (Å²) in [5.41, 5.74) is 1.73. The Morgan fingerprint density at radius 3 is 2.71 bits per heavy atom. The van der Waals surface area contributed by atoms with Crippen LogP contribution in [-0.2, 0) is 27.3 Å². The average molecular weight is 428 g/mol. The van der Waals surface area contributed by atoms with E-state index in [-0.39, 0.29) is 30.3 Å². The van der Waals surface area contributed by atoms with Crippen LogP contribution >= 0.6 is 0 Å². The molecule has 1 atom stereocenters. The summed E-state index contributed by atoms with van der Waals surface area (Å²) in [4.78, 5) is 42.1. The Hall–Kier alpha value is -2.70. The molecule has 1 amide bonds. The van der Waals surface area contributed by atoms with Crippen molar-refractivity contribution in [2.24, 2.45) is 0 Å². The molecular formula is C24H33N3O4. The third-order valence-corrected chi connectivity index (χ3v) is 5.85. The minimum Gasteiger partial charge on any atom is -0.453 e. The van der Waals surface area contributed by atoms with Crippen LogP contribution in [0.4, 0.5) is 0 Å². The first-order chi connectivity index (χ1) is 15.0. The van der Waals surface area contributed by atoms with E-state index in [4.69, 9.17) is 4.74 Å². The van der Waals surface area contributed by atoms with Gasteiger partial charge in [-0.15, -0.1) is 0 Å². The fourth-order valence-corrected chi connectivity index (χ4v) is 4.04. The number of hydrogen-bond acceptors (Lipinski definition) is 5. The zero-order valence-corrected chi connectivity index (χ0v) is 18.6. The Morgan fingerprint density at radius 2 is 1.97 bits per heavy atom. The number of fused-ring (bicyclic) bond motifs is 1. The van der Waals surface area contributed by atoms with E-state index in [9.17, 15) is 14.4 Å². The third kappa shape index (κ3) is 6.15. The summed E-state index contributed by atoms with van der Waals surface area (Å²) in [5.74, 6) is -0.758. The predicted octanol–water partition coefficient (Wildman–Crippen LogP) is 3.51. The molecule has 1 aliphatic carbocycles. The summed E-state index contributed by atoms with van der Waals surface area (Å²) in [5, 5.41) is 2.97. The van der Waals surface area contributed by atoms with Crippen molar-refractivity contribution in [2.45, 2.75) is 90.3 Å². The minimum absolute atomic E-state index is 0.00933. The molecule has 0 radical (unpaired) electrons. The van der Waals surface area contributed by atoms with Crippen molar-refractivity contribution in [1.29, 1.82) is 0 Å². The van der Waals surface area contributed by atoms with Crippen LogP contribution in [0.5, 0.6) is 0 Å². The van der Waals surface area contributed by atoms with Gasteiger partial charge in [0.25, 0.3) is 11.5 Å². The Kier molecular flexibility index (Phi) is 8.20. The topological polar surface area (TPSA) is 90.3 Å². The van der Waals surface area contributed by atoms with Gasteiger partial charge in [0.1, 0.15) is 5.69 Å². The highest BCUT2D eigenvalue weighted by atomic mass is 16.5. The lowest BCUT2D eigenvalue weighted by Crippen LogP contribution is -2.42. The number of benzene rings is 1. The van der Waals surface area contributed by atoms with Crippen LogP contribution in [0.3, 0.4) is 0 Å². The van der Waals surface area contributed by atoms with Gasteiger partial charge in [0.2, 0.25) is 0 Å². The fraction of sp³-hybridized carbons (Fsp3) is 0.583. The normalized spacial score (nSPS) is 15.5. The molecule has 1 saturated carbocycles. The van der Waals surface area contributed by atoms with Gasteiger partial charge in [-0.3, -0.25) is 14.4 Å². The van der Waals surface area contributed by atoms with Crippen LogP contribution in [0.2, 0.25) is 0 Å². The molecular weight excluding hydrogens is 394 g/mol. The second-order valence-corrected chi connectivity index (χ2v) is 8.33. The van der Waals surface area contributed by atoms with E-state index in [2.05, 4.69) is 17.2 Å². The fourth-order valence-electron chi connectivity index (χ4n) is 4.04. The van der Waals surface area contributed by atoms with Crippen molar-refractivity contribution in [3.05, 3.63) is 40.3 Å². The summed E-state index contributed by atoms with van der Waals surface area (Å²) >= 11 is 0. The molecule has 7 nitrogen and oxygen atoms in total. The Balaban J connectivity index is 1.61. The van der Waals surface area contributed by atoms with Gasteiger partial charge in [-0.1, -0.05) is 44.7 Å². The molecule has 1 aliphatic rings. The summed E-state index contributed by atoms with van der Waals surface area (Å²) in [6, 6.07) is 7.71. The van der Waals surface area contributed by atoms with Crippen LogP contribution in [0, 0.1) is 0 Å². The molecule has 0 bridgehead atoms. The monoisotopic (exact) mass is 427 g/mol. The second kappa shape index (κ2) is 11.1. The van der Waals surface area contributed by atoms with Crippen LogP contribution in [-0.4, -0.2) is 33.6 Å². The first kappa shape index (κ1) is 23.0. The number of ether oxygens (including phenoxy) is 1. The molecule has 1 heterocycles. The van der Waals surface area contributed by atoms with Crippen molar-refractivity contribution in [3.8, 4) is 0 Å². The molecule has 1 unspecified atom stereocenters. The first-order valence-electron chi connectivity index (χ1n) is 11.5. The molecule has 0 saturated heterocycles. The average Bonchev–Trinajstić information content (AvgIpc) is 2.78. The number of aryl methyl sites for hydroxylation is 2. The van der Waals surface area contributed by atoms with Crippen LogP contribution in [0.1, 0.15) is 70.9 Å². The number of hydrogen-bond donors (Lipinski definition) is 1. The number of esters is 1. The Bertz CT molecular complexity index is 963. The van der Waals surface area contributed by atoms with Crippen LogP contribution < -0.4 is 10.9 Å². The van der Waals surface area contributed by atoms with Gasteiger partial charge in [-0.25, -0.2) is 4.98 Å². The van der Waals surface area contributed by atoms with E-state index < -0.39 is 12.1 Å². The van der Waals surface area contributed by atoms with Crippen molar-refractivity contribution in [3.63, 3.8) is 0 Å². The van der Waals surface area contributed by atoms with Gasteiger partial charge < -0.3 is 14.6 Å². The molecule has 0 spiro atoms.